The van der Waals surface area contributed by atoms with E-state index in [1.807, 2.05) is 17.4 Å². The fourth-order valence-corrected chi connectivity index (χ4v) is 5.27. The van der Waals surface area contributed by atoms with E-state index in [9.17, 15) is 0 Å². The van der Waals surface area contributed by atoms with E-state index >= 15 is 0 Å². The predicted molar refractivity (Wildman–Crippen MR) is 118 cm³/mol. The summed E-state index contributed by atoms with van der Waals surface area (Å²) in [5.74, 6) is 1.58. The van der Waals surface area contributed by atoms with Gasteiger partial charge < -0.3 is 14.5 Å². The Labute approximate surface area is 174 Å². The maximum atomic E-state index is 5.83. The van der Waals surface area contributed by atoms with Crippen LogP contribution in [0.3, 0.4) is 0 Å². The third-order valence-corrected chi connectivity index (χ3v) is 6.66. The number of nitrogens with one attached hydrogen (secondary N) is 1. The number of nitrogens with zero attached hydrogens (tertiary/aromatic N) is 1. The lowest BCUT2D eigenvalue weighted by Crippen LogP contribution is -2.35. The highest BCUT2D eigenvalue weighted by molar-refractivity contribution is 7.09. The van der Waals surface area contributed by atoms with Crippen molar-refractivity contribution in [2.75, 3.05) is 20.8 Å². The molecule has 1 unspecified atom stereocenters. The summed E-state index contributed by atoms with van der Waals surface area (Å²) in [5.41, 5.74) is 5.01. The SMILES string of the molecule is COc1cccc(C2c3[nH]c4ccccc4c3CCN2Cc2cccs2)c1OC. The molecule has 0 aliphatic carbocycles. The lowest BCUT2D eigenvalue weighted by molar-refractivity contribution is 0.199. The van der Waals surface area contributed by atoms with Crippen LogP contribution >= 0.6 is 11.3 Å². The first-order chi connectivity index (χ1) is 14.3. The lowest BCUT2D eigenvalue weighted by Gasteiger charge is -2.36. The van der Waals surface area contributed by atoms with Gasteiger partial charge in [-0.05, 0) is 35.6 Å². The molecule has 0 amide bonds. The van der Waals surface area contributed by atoms with Crippen molar-refractivity contribution < 1.29 is 9.47 Å². The first-order valence-electron chi connectivity index (χ1n) is 9.87. The molecule has 0 saturated heterocycles. The van der Waals surface area contributed by atoms with Crippen LogP contribution in [-0.4, -0.2) is 30.6 Å². The van der Waals surface area contributed by atoms with Crippen LogP contribution in [0.2, 0.25) is 0 Å². The van der Waals surface area contributed by atoms with Gasteiger partial charge in [0.25, 0.3) is 0 Å². The first kappa shape index (κ1) is 18.3. The maximum absolute atomic E-state index is 5.83. The van der Waals surface area contributed by atoms with E-state index in [0.29, 0.717) is 0 Å². The van der Waals surface area contributed by atoms with Crippen molar-refractivity contribution in [1.29, 1.82) is 0 Å². The smallest absolute Gasteiger partial charge is 0.165 e. The minimum atomic E-state index is 0.0818. The molecule has 0 radical (unpaired) electrons. The highest BCUT2D eigenvalue weighted by Crippen LogP contribution is 2.44. The van der Waals surface area contributed by atoms with E-state index in [-0.39, 0.29) is 6.04 Å². The van der Waals surface area contributed by atoms with Gasteiger partial charge in [-0.1, -0.05) is 36.4 Å². The van der Waals surface area contributed by atoms with Gasteiger partial charge in [0.1, 0.15) is 0 Å². The van der Waals surface area contributed by atoms with Crippen LogP contribution in [0, 0.1) is 0 Å². The Hall–Kier alpha value is -2.76. The summed E-state index contributed by atoms with van der Waals surface area (Å²) in [6.45, 7) is 1.91. The zero-order valence-corrected chi connectivity index (χ0v) is 17.5. The van der Waals surface area contributed by atoms with Gasteiger partial charge in [0.05, 0.1) is 20.3 Å². The Morgan fingerprint density at radius 1 is 1.03 bits per heavy atom. The number of thiophene rings is 1. The van der Waals surface area contributed by atoms with Gasteiger partial charge in [0, 0.05) is 40.1 Å². The largest absolute Gasteiger partial charge is 0.493 e. The molecule has 148 valence electrons. The van der Waals surface area contributed by atoms with Gasteiger partial charge in [-0.25, -0.2) is 0 Å². The molecule has 0 fully saturated rings. The van der Waals surface area contributed by atoms with E-state index in [4.69, 9.17) is 9.47 Å². The number of aromatic amines is 1. The lowest BCUT2D eigenvalue weighted by atomic mass is 9.91. The van der Waals surface area contributed by atoms with Crippen molar-refractivity contribution in [3.05, 3.63) is 81.7 Å². The molecule has 4 nitrogen and oxygen atoms in total. The first-order valence-corrected chi connectivity index (χ1v) is 10.7. The second kappa shape index (κ2) is 7.58. The monoisotopic (exact) mass is 404 g/mol. The second-order valence-corrected chi connectivity index (χ2v) is 8.38. The number of H-pyrrole nitrogens is 1. The second-order valence-electron chi connectivity index (χ2n) is 7.35. The van der Waals surface area contributed by atoms with Gasteiger partial charge in [-0.15, -0.1) is 11.3 Å². The molecule has 0 bridgehead atoms. The molecular weight excluding hydrogens is 380 g/mol. The molecule has 29 heavy (non-hydrogen) atoms. The maximum Gasteiger partial charge on any atom is 0.165 e. The summed E-state index contributed by atoms with van der Waals surface area (Å²) in [5, 5.41) is 3.47. The van der Waals surface area contributed by atoms with Crippen LogP contribution in [0.4, 0.5) is 0 Å². The Balaban J connectivity index is 1.69. The van der Waals surface area contributed by atoms with Crippen molar-refractivity contribution in [3.63, 3.8) is 0 Å². The Morgan fingerprint density at radius 3 is 2.72 bits per heavy atom. The predicted octanol–water partition coefficient (Wildman–Crippen LogP) is 5.39. The van der Waals surface area contributed by atoms with E-state index < -0.39 is 0 Å². The molecule has 2 aromatic heterocycles. The van der Waals surface area contributed by atoms with E-state index in [1.165, 1.54) is 27.0 Å². The molecule has 2 aromatic carbocycles. The van der Waals surface area contributed by atoms with Crippen molar-refractivity contribution >= 4 is 22.2 Å². The number of methoxy groups -OCH3 is 2. The number of ether oxygens (including phenoxy) is 2. The number of benzene rings is 2. The summed E-state index contributed by atoms with van der Waals surface area (Å²) >= 11 is 1.81. The molecule has 5 heteroatoms. The van der Waals surface area contributed by atoms with Gasteiger partial charge in [-0.3, -0.25) is 4.90 Å². The summed E-state index contributed by atoms with van der Waals surface area (Å²) in [6.07, 6.45) is 1.04. The summed E-state index contributed by atoms with van der Waals surface area (Å²) in [6, 6.07) is 19.2. The molecule has 1 atom stereocenters. The summed E-state index contributed by atoms with van der Waals surface area (Å²) in [4.78, 5) is 7.64. The van der Waals surface area contributed by atoms with Gasteiger partial charge in [0.15, 0.2) is 11.5 Å². The molecule has 1 N–H and O–H groups in total. The Bertz CT molecular complexity index is 1130. The van der Waals surface area contributed by atoms with Crippen LogP contribution in [0.1, 0.15) is 27.7 Å². The van der Waals surface area contributed by atoms with E-state index in [2.05, 4.69) is 63.8 Å². The Kier molecular flexibility index (Phi) is 4.78. The van der Waals surface area contributed by atoms with Gasteiger partial charge >= 0.3 is 0 Å². The third-order valence-electron chi connectivity index (χ3n) is 5.80. The molecular formula is C24H24N2O2S. The van der Waals surface area contributed by atoms with Crippen LogP contribution in [0.15, 0.2) is 60.0 Å². The van der Waals surface area contributed by atoms with Crippen LogP contribution in [-0.2, 0) is 13.0 Å². The van der Waals surface area contributed by atoms with Gasteiger partial charge in [0.2, 0.25) is 0 Å². The summed E-state index contributed by atoms with van der Waals surface area (Å²) in [7, 11) is 3.42. The number of para-hydroxylation sites is 2. The van der Waals surface area contributed by atoms with Crippen molar-refractivity contribution in [3.8, 4) is 11.5 Å². The minimum absolute atomic E-state index is 0.0818. The fourth-order valence-electron chi connectivity index (χ4n) is 4.54. The normalized spacial score (nSPS) is 16.7. The molecule has 1 aliphatic rings. The molecule has 1 aliphatic heterocycles. The summed E-state index contributed by atoms with van der Waals surface area (Å²) < 4.78 is 11.4. The average molecular weight is 405 g/mol. The quantitative estimate of drug-likeness (QED) is 0.484. The zero-order valence-electron chi connectivity index (χ0n) is 16.6. The average Bonchev–Trinajstić information content (AvgIpc) is 3.40. The molecule has 0 saturated carbocycles. The Morgan fingerprint density at radius 2 is 1.93 bits per heavy atom. The zero-order chi connectivity index (χ0) is 19.8. The van der Waals surface area contributed by atoms with Crippen molar-refractivity contribution in [2.45, 2.75) is 19.0 Å². The van der Waals surface area contributed by atoms with Crippen LogP contribution in [0.5, 0.6) is 11.5 Å². The standard InChI is InChI=1S/C24H24N2O2S/c1-27-21-11-5-9-19(24(21)28-2)23-22-18(17-8-3-4-10-20(17)25-22)12-13-26(23)15-16-7-6-14-29-16/h3-11,14,23,25H,12-13,15H2,1-2H3. The van der Waals surface area contributed by atoms with Crippen molar-refractivity contribution in [1.82, 2.24) is 9.88 Å². The topological polar surface area (TPSA) is 37.5 Å². The molecule has 0 spiro atoms. The molecule has 5 rings (SSSR count). The van der Waals surface area contributed by atoms with Crippen LogP contribution in [0.25, 0.3) is 10.9 Å². The number of hydrogen-bond acceptors (Lipinski definition) is 4. The number of hydrogen-bond donors (Lipinski definition) is 1. The number of aromatic nitrogens is 1. The fraction of sp³-hybridized carbons (Fsp3) is 0.250. The third kappa shape index (κ3) is 3.11. The van der Waals surface area contributed by atoms with E-state index in [1.54, 1.807) is 14.2 Å². The highest BCUT2D eigenvalue weighted by Gasteiger charge is 2.34. The molecule has 4 aromatic rings. The van der Waals surface area contributed by atoms with Crippen molar-refractivity contribution in [2.24, 2.45) is 0 Å². The van der Waals surface area contributed by atoms with Crippen LogP contribution < -0.4 is 9.47 Å². The minimum Gasteiger partial charge on any atom is -0.493 e. The number of fused-ring (bicyclic) bond motifs is 3. The van der Waals surface area contributed by atoms with Gasteiger partial charge in [-0.2, -0.15) is 0 Å². The van der Waals surface area contributed by atoms with E-state index in [0.717, 1.165) is 36.6 Å². The molecule has 3 heterocycles. The highest BCUT2D eigenvalue weighted by atomic mass is 32.1. The number of rotatable bonds is 5.